The van der Waals surface area contributed by atoms with Gasteiger partial charge in [-0.3, -0.25) is 4.79 Å². The zero-order chi connectivity index (χ0) is 25.4. The van der Waals surface area contributed by atoms with Gasteiger partial charge in [-0.1, -0.05) is 18.2 Å². The average Bonchev–Trinajstić information content (AvgIpc) is 3.60. The molecule has 0 spiro atoms. The number of carbonyl (C=O) groups excluding carboxylic acids is 1. The van der Waals surface area contributed by atoms with Crippen LogP contribution < -0.4 is 15.5 Å². The van der Waals surface area contributed by atoms with Crippen molar-refractivity contribution in [2.45, 2.75) is 18.9 Å². The number of rotatable bonds is 5. The van der Waals surface area contributed by atoms with E-state index in [-0.39, 0.29) is 24.3 Å². The van der Waals surface area contributed by atoms with Crippen LogP contribution in [0, 0.1) is 5.82 Å². The number of halogens is 1. The quantitative estimate of drug-likeness (QED) is 0.450. The number of piperazine rings is 1. The lowest BCUT2D eigenvalue weighted by atomic mass is 10.0. The molecule has 3 aromatic heterocycles. The van der Waals surface area contributed by atoms with Gasteiger partial charge >= 0.3 is 0 Å². The van der Waals surface area contributed by atoms with Crippen LogP contribution in [0.1, 0.15) is 24.4 Å². The number of pyridine rings is 1. The summed E-state index contributed by atoms with van der Waals surface area (Å²) in [7, 11) is 0. The Hall–Kier alpha value is -4.05. The van der Waals surface area contributed by atoms with E-state index in [0.717, 1.165) is 53.6 Å². The fourth-order valence-electron chi connectivity index (χ4n) is 5.35. The van der Waals surface area contributed by atoms with E-state index in [1.807, 2.05) is 40.9 Å². The molecule has 0 bridgehead atoms. The number of anilines is 2. The van der Waals surface area contributed by atoms with Crippen LogP contribution in [-0.4, -0.2) is 69.7 Å². The van der Waals surface area contributed by atoms with Gasteiger partial charge in [-0.15, -0.1) is 5.10 Å². The number of benzene rings is 1. The third-order valence-electron chi connectivity index (χ3n) is 7.26. The smallest absolute Gasteiger partial charge is 0.236 e. The van der Waals surface area contributed by atoms with Crippen molar-refractivity contribution < 1.29 is 9.18 Å². The normalized spacial score (nSPS) is 18.1. The van der Waals surface area contributed by atoms with E-state index < -0.39 is 0 Å². The molecule has 6 rings (SSSR count). The minimum Gasteiger partial charge on any atom is -0.353 e. The Labute approximate surface area is 214 Å². The van der Waals surface area contributed by atoms with E-state index in [1.54, 1.807) is 23.2 Å². The van der Waals surface area contributed by atoms with Crippen molar-refractivity contribution in [3.8, 4) is 11.4 Å². The second-order valence-corrected chi connectivity index (χ2v) is 9.46. The fraction of sp³-hybridized carbons (Fsp3) is 0.333. The highest BCUT2D eigenvalue weighted by molar-refractivity contribution is 5.78. The average molecular weight is 501 g/mol. The molecule has 37 heavy (non-hydrogen) atoms. The molecule has 2 aliphatic heterocycles. The van der Waals surface area contributed by atoms with Crippen molar-refractivity contribution in [3.05, 3.63) is 72.2 Å². The summed E-state index contributed by atoms with van der Waals surface area (Å²) in [5.41, 5.74) is 8.79. The molecule has 1 amide bonds. The summed E-state index contributed by atoms with van der Waals surface area (Å²) in [6, 6.07) is 16.8. The summed E-state index contributed by atoms with van der Waals surface area (Å²) in [6.07, 6.45) is 3.77. The second kappa shape index (κ2) is 9.78. The molecule has 190 valence electrons. The van der Waals surface area contributed by atoms with Crippen LogP contribution in [-0.2, 0) is 4.79 Å². The Bertz CT molecular complexity index is 1430. The van der Waals surface area contributed by atoms with Gasteiger partial charge in [-0.05, 0) is 54.8 Å². The van der Waals surface area contributed by atoms with Crippen LogP contribution in [0.25, 0.3) is 17.0 Å². The molecule has 2 fully saturated rings. The van der Waals surface area contributed by atoms with E-state index in [4.69, 9.17) is 15.8 Å². The van der Waals surface area contributed by atoms with Gasteiger partial charge in [0.05, 0.1) is 24.5 Å². The number of nitrogens with two attached hydrogens (primary N) is 1. The van der Waals surface area contributed by atoms with Crippen LogP contribution in [0.4, 0.5) is 16.0 Å². The van der Waals surface area contributed by atoms with Crippen LogP contribution in [0.2, 0.25) is 0 Å². The van der Waals surface area contributed by atoms with Crippen LogP contribution in [0.3, 0.4) is 0 Å². The first-order valence-corrected chi connectivity index (χ1v) is 12.7. The Balaban J connectivity index is 1.28. The Morgan fingerprint density at radius 1 is 1.00 bits per heavy atom. The summed E-state index contributed by atoms with van der Waals surface area (Å²) < 4.78 is 15.7. The van der Waals surface area contributed by atoms with Crippen molar-refractivity contribution in [3.63, 3.8) is 0 Å². The van der Waals surface area contributed by atoms with Gasteiger partial charge in [-0.2, -0.15) is 0 Å². The Kier molecular flexibility index (Phi) is 6.17. The third-order valence-corrected chi connectivity index (χ3v) is 7.26. The van der Waals surface area contributed by atoms with Gasteiger partial charge < -0.3 is 20.4 Å². The van der Waals surface area contributed by atoms with E-state index in [9.17, 15) is 9.18 Å². The van der Waals surface area contributed by atoms with Crippen molar-refractivity contribution >= 4 is 23.2 Å². The molecule has 1 aromatic carbocycles. The molecule has 4 aromatic rings. The second-order valence-electron chi connectivity index (χ2n) is 9.46. The summed E-state index contributed by atoms with van der Waals surface area (Å²) in [5.74, 6) is 1.44. The number of amides is 1. The van der Waals surface area contributed by atoms with Crippen LogP contribution in [0.5, 0.6) is 0 Å². The van der Waals surface area contributed by atoms with Gasteiger partial charge in [0, 0.05) is 32.7 Å². The lowest BCUT2D eigenvalue weighted by Gasteiger charge is -2.35. The van der Waals surface area contributed by atoms with Crippen molar-refractivity contribution in [2.75, 3.05) is 49.1 Å². The fourth-order valence-corrected chi connectivity index (χ4v) is 5.35. The van der Waals surface area contributed by atoms with E-state index in [0.29, 0.717) is 26.2 Å². The zero-order valence-corrected chi connectivity index (χ0v) is 20.5. The minimum absolute atomic E-state index is 0.0217. The highest BCUT2D eigenvalue weighted by atomic mass is 19.1. The molecule has 1 atom stereocenters. The summed E-state index contributed by atoms with van der Waals surface area (Å²) in [5, 5.41) is 4.95. The maximum absolute atomic E-state index is 13.9. The van der Waals surface area contributed by atoms with E-state index >= 15 is 0 Å². The minimum atomic E-state index is -0.219. The predicted octanol–water partition coefficient (Wildman–Crippen LogP) is 2.88. The molecular weight excluding hydrogens is 471 g/mol. The number of imidazole rings is 1. The number of aromatic nitrogens is 4. The third kappa shape index (κ3) is 4.48. The first kappa shape index (κ1) is 23.4. The summed E-state index contributed by atoms with van der Waals surface area (Å²) in [6.45, 7) is 3.56. The number of hydrogen-bond donors (Lipinski definition) is 1. The van der Waals surface area contributed by atoms with Crippen LogP contribution >= 0.6 is 0 Å². The molecule has 10 heteroatoms. The molecule has 0 unspecified atom stereocenters. The van der Waals surface area contributed by atoms with Gasteiger partial charge in [0.15, 0.2) is 5.65 Å². The SMILES string of the molecule is NCC(=O)N1CCN(c2cccc(-c3cnc4ccc(N5CCC[C@@H]5c5cccc(F)c5)nn34)n2)CC1. The first-order chi connectivity index (χ1) is 18.1. The lowest BCUT2D eigenvalue weighted by molar-refractivity contribution is -0.129. The molecule has 0 radical (unpaired) electrons. The monoisotopic (exact) mass is 500 g/mol. The predicted molar refractivity (Wildman–Crippen MR) is 140 cm³/mol. The molecule has 0 aliphatic carbocycles. The van der Waals surface area contributed by atoms with E-state index in [2.05, 4.69) is 14.8 Å². The summed E-state index contributed by atoms with van der Waals surface area (Å²) in [4.78, 5) is 27.6. The van der Waals surface area contributed by atoms with Gasteiger partial charge in [0.25, 0.3) is 0 Å². The first-order valence-electron chi connectivity index (χ1n) is 12.7. The van der Waals surface area contributed by atoms with Crippen LogP contribution in [0.15, 0.2) is 60.8 Å². The maximum Gasteiger partial charge on any atom is 0.236 e. The molecular formula is C27H29FN8O. The Morgan fingerprint density at radius 2 is 1.84 bits per heavy atom. The molecule has 9 nitrogen and oxygen atoms in total. The number of nitrogens with zero attached hydrogens (tertiary/aromatic N) is 7. The van der Waals surface area contributed by atoms with Gasteiger partial charge in [-0.25, -0.2) is 18.9 Å². The highest BCUT2D eigenvalue weighted by Crippen LogP contribution is 2.35. The lowest BCUT2D eigenvalue weighted by Crippen LogP contribution is -2.50. The Morgan fingerprint density at radius 3 is 2.65 bits per heavy atom. The topological polar surface area (TPSA) is 95.9 Å². The number of fused-ring (bicyclic) bond motifs is 1. The largest absolute Gasteiger partial charge is 0.353 e. The number of hydrogen-bond acceptors (Lipinski definition) is 7. The van der Waals surface area contributed by atoms with Crippen molar-refractivity contribution in [1.29, 1.82) is 0 Å². The molecule has 0 saturated carbocycles. The molecule has 2 N–H and O–H groups in total. The van der Waals surface area contributed by atoms with Crippen molar-refractivity contribution in [1.82, 2.24) is 24.5 Å². The zero-order valence-electron chi connectivity index (χ0n) is 20.5. The summed E-state index contributed by atoms with van der Waals surface area (Å²) >= 11 is 0. The highest BCUT2D eigenvalue weighted by Gasteiger charge is 2.28. The maximum atomic E-state index is 13.9. The van der Waals surface area contributed by atoms with Crippen molar-refractivity contribution in [2.24, 2.45) is 5.73 Å². The molecule has 2 saturated heterocycles. The number of carbonyl (C=O) groups is 1. The van der Waals surface area contributed by atoms with Gasteiger partial charge in [0.1, 0.15) is 23.1 Å². The standard InChI is InChI=1S/C27H29FN8O/c28-20-5-1-4-19(16-20)22-7-3-11-35(22)26-10-9-24-30-18-23(36(24)32-26)21-6-2-8-25(31-21)33-12-14-34(15-13-33)27(37)17-29/h1-2,4-6,8-10,16,18,22H,3,7,11-15,17,29H2/t22-/m1/s1. The van der Waals surface area contributed by atoms with E-state index in [1.165, 1.54) is 6.07 Å². The molecule has 2 aliphatic rings. The van der Waals surface area contributed by atoms with Gasteiger partial charge in [0.2, 0.25) is 5.91 Å². The molecule has 5 heterocycles.